The minimum atomic E-state index is -0.0544. The van der Waals surface area contributed by atoms with Gasteiger partial charge in [-0.1, -0.05) is 30.3 Å². The van der Waals surface area contributed by atoms with Crippen LogP contribution >= 0.6 is 0 Å². The van der Waals surface area contributed by atoms with E-state index in [2.05, 4.69) is 10.1 Å². The Hall–Kier alpha value is -2.17. The van der Waals surface area contributed by atoms with Gasteiger partial charge in [0.25, 0.3) is 0 Å². The molecule has 0 aliphatic heterocycles. The van der Waals surface area contributed by atoms with Crippen molar-refractivity contribution in [1.82, 2.24) is 14.8 Å². The van der Waals surface area contributed by atoms with Crippen LogP contribution in [0.1, 0.15) is 18.0 Å². The maximum absolute atomic E-state index is 7.39. The predicted octanol–water partition coefficient (Wildman–Crippen LogP) is 1.19. The molecule has 0 saturated heterocycles. The van der Waals surface area contributed by atoms with E-state index in [0.717, 1.165) is 5.56 Å². The molecular weight excluding hydrogens is 202 g/mol. The van der Waals surface area contributed by atoms with Gasteiger partial charge < -0.3 is 5.73 Å². The van der Waals surface area contributed by atoms with E-state index < -0.39 is 0 Å². The zero-order chi connectivity index (χ0) is 11.4. The fourth-order valence-electron chi connectivity index (χ4n) is 1.63. The Kier molecular flexibility index (Phi) is 2.95. The molecular formula is C11H13N5. The molecule has 0 saturated carbocycles. The van der Waals surface area contributed by atoms with Gasteiger partial charge >= 0.3 is 0 Å². The number of nitrogens with one attached hydrogen (secondary N) is 1. The van der Waals surface area contributed by atoms with Crippen molar-refractivity contribution in [2.24, 2.45) is 5.73 Å². The van der Waals surface area contributed by atoms with E-state index in [9.17, 15) is 0 Å². The normalized spacial score (nSPS) is 12.2. The summed E-state index contributed by atoms with van der Waals surface area (Å²) in [6, 6.07) is 9.81. The van der Waals surface area contributed by atoms with Gasteiger partial charge in [-0.15, -0.1) is 0 Å². The van der Waals surface area contributed by atoms with Crippen molar-refractivity contribution in [1.29, 1.82) is 5.41 Å². The van der Waals surface area contributed by atoms with Crippen molar-refractivity contribution in [3.63, 3.8) is 0 Å². The highest BCUT2D eigenvalue weighted by Gasteiger charge is 2.14. The number of nitrogens with zero attached hydrogens (tertiary/aromatic N) is 3. The van der Waals surface area contributed by atoms with Gasteiger partial charge in [0.2, 0.25) is 0 Å². The highest BCUT2D eigenvalue weighted by atomic mass is 15.3. The number of hydrogen-bond donors (Lipinski definition) is 2. The molecule has 1 atom stereocenters. The molecule has 0 aliphatic rings. The lowest BCUT2D eigenvalue weighted by Crippen LogP contribution is -2.20. The van der Waals surface area contributed by atoms with Crippen molar-refractivity contribution < 1.29 is 0 Å². The molecule has 0 spiro atoms. The lowest BCUT2D eigenvalue weighted by molar-refractivity contribution is 0.535. The lowest BCUT2D eigenvalue weighted by Gasteiger charge is -2.16. The summed E-state index contributed by atoms with van der Waals surface area (Å²) < 4.78 is 1.72. The quantitative estimate of drug-likeness (QED) is 0.594. The standard InChI is InChI=1S/C11H13N5/c12-11(13)6-10(16-8-14-7-15-16)9-4-2-1-3-5-9/h1-5,7-8,10H,6H2,(H3,12,13). The summed E-state index contributed by atoms with van der Waals surface area (Å²) in [4.78, 5) is 3.92. The second kappa shape index (κ2) is 4.57. The van der Waals surface area contributed by atoms with E-state index in [1.165, 1.54) is 6.33 Å². The molecule has 2 rings (SSSR count). The average Bonchev–Trinajstić information content (AvgIpc) is 2.80. The van der Waals surface area contributed by atoms with Crippen LogP contribution in [0.5, 0.6) is 0 Å². The van der Waals surface area contributed by atoms with Crippen LogP contribution in [-0.2, 0) is 0 Å². The second-order valence-electron chi connectivity index (χ2n) is 3.53. The topological polar surface area (TPSA) is 80.6 Å². The summed E-state index contributed by atoms with van der Waals surface area (Å²) in [6.45, 7) is 0. The monoisotopic (exact) mass is 215 g/mol. The summed E-state index contributed by atoms with van der Waals surface area (Å²) >= 11 is 0. The zero-order valence-electron chi connectivity index (χ0n) is 8.74. The van der Waals surface area contributed by atoms with Crippen LogP contribution in [0, 0.1) is 5.41 Å². The van der Waals surface area contributed by atoms with Crippen LogP contribution in [0.2, 0.25) is 0 Å². The first-order chi connectivity index (χ1) is 7.77. The van der Waals surface area contributed by atoms with Crippen LogP contribution < -0.4 is 5.73 Å². The van der Waals surface area contributed by atoms with Gasteiger partial charge in [0, 0.05) is 6.42 Å². The summed E-state index contributed by atoms with van der Waals surface area (Å²) in [7, 11) is 0. The Morgan fingerprint density at radius 3 is 2.69 bits per heavy atom. The number of amidine groups is 1. The predicted molar refractivity (Wildman–Crippen MR) is 61.1 cm³/mol. The van der Waals surface area contributed by atoms with Crippen molar-refractivity contribution in [2.45, 2.75) is 12.5 Å². The van der Waals surface area contributed by atoms with Crippen molar-refractivity contribution in [3.8, 4) is 0 Å². The average molecular weight is 215 g/mol. The van der Waals surface area contributed by atoms with Crippen LogP contribution in [0.15, 0.2) is 43.0 Å². The molecule has 0 radical (unpaired) electrons. The van der Waals surface area contributed by atoms with E-state index >= 15 is 0 Å². The molecule has 1 aromatic carbocycles. The fraction of sp³-hybridized carbons (Fsp3) is 0.182. The molecule has 0 bridgehead atoms. The minimum absolute atomic E-state index is 0.0544. The molecule has 0 fully saturated rings. The first-order valence-corrected chi connectivity index (χ1v) is 4.99. The molecule has 16 heavy (non-hydrogen) atoms. The maximum Gasteiger partial charge on any atom is 0.137 e. The number of rotatable bonds is 4. The highest BCUT2D eigenvalue weighted by molar-refractivity contribution is 5.77. The van der Waals surface area contributed by atoms with Crippen molar-refractivity contribution in [2.75, 3.05) is 0 Å². The van der Waals surface area contributed by atoms with Crippen LogP contribution in [0.3, 0.4) is 0 Å². The molecule has 0 aliphatic carbocycles. The molecule has 1 unspecified atom stereocenters. The third kappa shape index (κ3) is 2.25. The van der Waals surface area contributed by atoms with Gasteiger partial charge in [0.05, 0.1) is 11.9 Å². The molecule has 2 aromatic rings. The highest BCUT2D eigenvalue weighted by Crippen LogP contribution is 2.19. The number of nitrogens with two attached hydrogens (primary N) is 1. The Morgan fingerprint density at radius 1 is 1.38 bits per heavy atom. The molecule has 1 heterocycles. The van der Waals surface area contributed by atoms with Gasteiger partial charge in [-0.3, -0.25) is 5.41 Å². The van der Waals surface area contributed by atoms with E-state index in [1.54, 1.807) is 11.0 Å². The molecule has 1 aromatic heterocycles. The first-order valence-electron chi connectivity index (χ1n) is 4.99. The SMILES string of the molecule is N=C(N)CC(c1ccccc1)n1cncn1. The summed E-state index contributed by atoms with van der Waals surface area (Å²) in [6.07, 6.45) is 3.56. The number of hydrogen-bond acceptors (Lipinski definition) is 3. The number of aromatic nitrogens is 3. The molecule has 5 heteroatoms. The van der Waals surface area contributed by atoms with Crippen molar-refractivity contribution >= 4 is 5.84 Å². The van der Waals surface area contributed by atoms with E-state index in [-0.39, 0.29) is 11.9 Å². The summed E-state index contributed by atoms with van der Waals surface area (Å²) in [5.74, 6) is 0.143. The van der Waals surface area contributed by atoms with E-state index in [0.29, 0.717) is 6.42 Å². The molecule has 0 amide bonds. The maximum atomic E-state index is 7.39. The van der Waals surface area contributed by atoms with Gasteiger partial charge in [0.1, 0.15) is 12.7 Å². The summed E-state index contributed by atoms with van der Waals surface area (Å²) in [5.41, 5.74) is 6.53. The summed E-state index contributed by atoms with van der Waals surface area (Å²) in [5, 5.41) is 11.5. The van der Waals surface area contributed by atoms with Gasteiger partial charge in [-0.2, -0.15) is 5.10 Å². The lowest BCUT2D eigenvalue weighted by atomic mass is 10.0. The van der Waals surface area contributed by atoms with Gasteiger partial charge in [-0.25, -0.2) is 9.67 Å². The van der Waals surface area contributed by atoms with E-state index in [1.807, 2.05) is 30.3 Å². The van der Waals surface area contributed by atoms with Gasteiger partial charge in [0.15, 0.2) is 0 Å². The van der Waals surface area contributed by atoms with Crippen LogP contribution in [0.4, 0.5) is 0 Å². The Bertz CT molecular complexity index is 448. The van der Waals surface area contributed by atoms with Gasteiger partial charge in [-0.05, 0) is 5.56 Å². The largest absolute Gasteiger partial charge is 0.388 e. The Balaban J connectivity index is 2.32. The molecule has 82 valence electrons. The van der Waals surface area contributed by atoms with Crippen LogP contribution in [-0.4, -0.2) is 20.6 Å². The fourth-order valence-corrected chi connectivity index (χ4v) is 1.63. The Labute approximate surface area is 93.4 Å². The third-order valence-electron chi connectivity index (χ3n) is 2.35. The van der Waals surface area contributed by atoms with Crippen LogP contribution in [0.25, 0.3) is 0 Å². The van der Waals surface area contributed by atoms with E-state index in [4.69, 9.17) is 11.1 Å². The smallest absolute Gasteiger partial charge is 0.137 e. The minimum Gasteiger partial charge on any atom is -0.388 e. The molecule has 5 nitrogen and oxygen atoms in total. The second-order valence-corrected chi connectivity index (χ2v) is 3.53. The Morgan fingerprint density at radius 2 is 2.12 bits per heavy atom. The third-order valence-corrected chi connectivity index (χ3v) is 2.35. The number of benzene rings is 1. The first kappa shape index (κ1) is 10.4. The van der Waals surface area contributed by atoms with Crippen molar-refractivity contribution in [3.05, 3.63) is 48.5 Å². The zero-order valence-corrected chi connectivity index (χ0v) is 8.74. The molecule has 3 N–H and O–H groups in total.